The predicted octanol–water partition coefficient (Wildman–Crippen LogP) is 3.86. The normalized spacial score (nSPS) is 22.9. The van der Waals surface area contributed by atoms with E-state index < -0.39 is 0 Å². The fraction of sp³-hybridized carbons (Fsp3) is 0.588. The monoisotopic (exact) mass is 256 g/mol. The minimum atomic E-state index is 0.751. The van der Waals surface area contributed by atoms with Gasteiger partial charge in [-0.2, -0.15) is 5.26 Å². The Balaban J connectivity index is 1.65. The average molecular weight is 256 g/mol. The Morgan fingerprint density at radius 3 is 2.79 bits per heavy atom. The first-order valence-corrected chi connectivity index (χ1v) is 7.47. The van der Waals surface area contributed by atoms with E-state index in [1.54, 1.807) is 0 Å². The van der Waals surface area contributed by atoms with E-state index >= 15 is 0 Å². The van der Waals surface area contributed by atoms with Crippen LogP contribution in [0.25, 0.3) is 0 Å². The van der Waals surface area contributed by atoms with E-state index in [0.29, 0.717) is 0 Å². The lowest BCUT2D eigenvalue weighted by molar-refractivity contribution is 0.275. The molecule has 2 rings (SSSR count). The molecule has 0 spiro atoms. The van der Waals surface area contributed by atoms with Crippen molar-refractivity contribution in [1.29, 1.82) is 5.26 Å². The van der Waals surface area contributed by atoms with Gasteiger partial charge in [-0.3, -0.25) is 0 Å². The topological polar surface area (TPSA) is 35.8 Å². The quantitative estimate of drug-likeness (QED) is 0.812. The van der Waals surface area contributed by atoms with Gasteiger partial charge in [-0.1, -0.05) is 44.7 Å². The highest BCUT2D eigenvalue weighted by molar-refractivity contribution is 5.32. The largest absolute Gasteiger partial charge is 0.313 e. The number of nitrogens with zero attached hydrogens (tertiary/aromatic N) is 1. The summed E-state index contributed by atoms with van der Waals surface area (Å²) in [6.45, 7) is 4.34. The molecule has 0 bridgehead atoms. The maximum Gasteiger partial charge on any atom is 0.0991 e. The molecule has 1 aliphatic carbocycles. The van der Waals surface area contributed by atoms with E-state index in [1.165, 1.54) is 37.7 Å². The summed E-state index contributed by atoms with van der Waals surface area (Å²) in [4.78, 5) is 0. The Morgan fingerprint density at radius 1 is 1.26 bits per heavy atom. The highest BCUT2D eigenvalue weighted by Gasteiger charge is 2.17. The van der Waals surface area contributed by atoms with Crippen LogP contribution in [-0.2, 0) is 6.54 Å². The molecule has 2 nitrogen and oxygen atoms in total. The van der Waals surface area contributed by atoms with Crippen LogP contribution in [0.5, 0.6) is 0 Å². The van der Waals surface area contributed by atoms with Crippen LogP contribution < -0.4 is 5.32 Å². The highest BCUT2D eigenvalue weighted by atomic mass is 14.8. The first-order valence-electron chi connectivity index (χ1n) is 7.47. The van der Waals surface area contributed by atoms with Crippen LogP contribution in [0.4, 0.5) is 0 Å². The third-order valence-electron chi connectivity index (χ3n) is 4.25. The van der Waals surface area contributed by atoms with Crippen LogP contribution in [0.2, 0.25) is 0 Å². The Morgan fingerprint density at radius 2 is 2.05 bits per heavy atom. The fourth-order valence-electron chi connectivity index (χ4n) is 2.91. The highest BCUT2D eigenvalue weighted by Crippen LogP contribution is 2.29. The van der Waals surface area contributed by atoms with Crippen LogP contribution >= 0.6 is 0 Å². The molecule has 0 unspecified atom stereocenters. The van der Waals surface area contributed by atoms with Gasteiger partial charge in [-0.05, 0) is 42.5 Å². The molecule has 102 valence electrons. The Bertz CT molecular complexity index is 425. The van der Waals surface area contributed by atoms with E-state index in [1.807, 2.05) is 18.2 Å². The number of nitrogens with one attached hydrogen (secondary N) is 1. The van der Waals surface area contributed by atoms with Gasteiger partial charge in [-0.25, -0.2) is 0 Å². The molecule has 19 heavy (non-hydrogen) atoms. The summed E-state index contributed by atoms with van der Waals surface area (Å²) in [7, 11) is 0. The maximum atomic E-state index is 8.85. The molecule has 0 heterocycles. The number of hydrogen-bond acceptors (Lipinski definition) is 2. The zero-order valence-electron chi connectivity index (χ0n) is 11.9. The van der Waals surface area contributed by atoms with Crippen molar-refractivity contribution in [2.24, 2.45) is 11.8 Å². The summed E-state index contributed by atoms with van der Waals surface area (Å²) in [6, 6.07) is 10.0. The second kappa shape index (κ2) is 7.31. The van der Waals surface area contributed by atoms with E-state index in [2.05, 4.69) is 24.4 Å². The van der Waals surface area contributed by atoms with Gasteiger partial charge in [0.1, 0.15) is 0 Å². The standard InChI is InChI=1S/C17H24N2/c1-14-5-7-15(8-6-14)9-10-19-13-17-4-2-3-16(11-17)12-18/h2-4,11,14-15,19H,5-10,13H2,1H3. The Labute approximate surface area is 116 Å². The van der Waals surface area contributed by atoms with Gasteiger partial charge in [0.25, 0.3) is 0 Å². The van der Waals surface area contributed by atoms with Crippen molar-refractivity contribution in [2.45, 2.75) is 45.6 Å². The number of rotatable bonds is 5. The molecule has 1 fully saturated rings. The Kier molecular flexibility index (Phi) is 5.42. The second-order valence-corrected chi connectivity index (χ2v) is 5.90. The van der Waals surface area contributed by atoms with Gasteiger partial charge in [0.2, 0.25) is 0 Å². The van der Waals surface area contributed by atoms with E-state index in [4.69, 9.17) is 5.26 Å². The van der Waals surface area contributed by atoms with Gasteiger partial charge in [0.15, 0.2) is 0 Å². The van der Waals surface area contributed by atoms with Crippen LogP contribution in [0, 0.1) is 23.2 Å². The molecule has 1 aromatic rings. The van der Waals surface area contributed by atoms with Crippen molar-refractivity contribution >= 4 is 0 Å². The van der Waals surface area contributed by atoms with Crippen LogP contribution in [-0.4, -0.2) is 6.54 Å². The second-order valence-electron chi connectivity index (χ2n) is 5.90. The summed E-state index contributed by atoms with van der Waals surface area (Å²) >= 11 is 0. The van der Waals surface area contributed by atoms with Gasteiger partial charge >= 0.3 is 0 Å². The summed E-state index contributed by atoms with van der Waals surface area (Å²) in [5, 5.41) is 12.4. The van der Waals surface area contributed by atoms with E-state index in [9.17, 15) is 0 Å². The van der Waals surface area contributed by atoms with E-state index in [-0.39, 0.29) is 0 Å². The van der Waals surface area contributed by atoms with Crippen molar-refractivity contribution < 1.29 is 0 Å². The molecule has 2 heteroatoms. The molecule has 0 aliphatic heterocycles. The fourth-order valence-corrected chi connectivity index (χ4v) is 2.91. The third-order valence-corrected chi connectivity index (χ3v) is 4.25. The minimum absolute atomic E-state index is 0.751. The van der Waals surface area contributed by atoms with Gasteiger partial charge < -0.3 is 5.32 Å². The molecule has 0 saturated heterocycles. The molecule has 0 aromatic heterocycles. The molecule has 1 aromatic carbocycles. The molecule has 1 N–H and O–H groups in total. The maximum absolute atomic E-state index is 8.85. The lowest BCUT2D eigenvalue weighted by atomic mass is 9.81. The van der Waals surface area contributed by atoms with Crippen molar-refractivity contribution in [3.63, 3.8) is 0 Å². The van der Waals surface area contributed by atoms with Gasteiger partial charge in [-0.15, -0.1) is 0 Å². The molecule has 0 radical (unpaired) electrons. The zero-order valence-corrected chi connectivity index (χ0v) is 11.9. The van der Waals surface area contributed by atoms with Crippen molar-refractivity contribution in [3.05, 3.63) is 35.4 Å². The summed E-state index contributed by atoms with van der Waals surface area (Å²) in [6.07, 6.45) is 6.94. The first kappa shape index (κ1) is 14.1. The molecule has 0 atom stereocenters. The Hall–Kier alpha value is -1.33. The smallest absolute Gasteiger partial charge is 0.0991 e. The summed E-state index contributed by atoms with van der Waals surface area (Å²) < 4.78 is 0. The van der Waals surface area contributed by atoms with Crippen LogP contribution in [0.1, 0.15) is 50.2 Å². The lowest BCUT2D eigenvalue weighted by Crippen LogP contribution is -2.20. The molecule has 1 saturated carbocycles. The predicted molar refractivity (Wildman–Crippen MR) is 78.6 cm³/mol. The minimum Gasteiger partial charge on any atom is -0.313 e. The summed E-state index contributed by atoms with van der Waals surface area (Å²) in [5.41, 5.74) is 1.96. The average Bonchev–Trinajstić information content (AvgIpc) is 2.46. The van der Waals surface area contributed by atoms with Crippen LogP contribution in [0.3, 0.4) is 0 Å². The third kappa shape index (κ3) is 4.69. The SMILES string of the molecule is CC1CCC(CCNCc2cccc(C#N)c2)CC1. The molecule has 1 aliphatic rings. The van der Waals surface area contributed by atoms with Crippen molar-refractivity contribution in [1.82, 2.24) is 5.32 Å². The number of nitriles is 1. The number of benzene rings is 1. The molecule has 0 amide bonds. The van der Waals surface area contributed by atoms with E-state index in [0.717, 1.165) is 30.5 Å². The van der Waals surface area contributed by atoms with Crippen molar-refractivity contribution in [2.75, 3.05) is 6.54 Å². The number of hydrogen-bond donors (Lipinski definition) is 1. The molecular weight excluding hydrogens is 232 g/mol. The van der Waals surface area contributed by atoms with Crippen LogP contribution in [0.15, 0.2) is 24.3 Å². The van der Waals surface area contributed by atoms with Gasteiger partial charge in [0, 0.05) is 6.54 Å². The molecular formula is C17H24N2. The summed E-state index contributed by atoms with van der Waals surface area (Å²) in [5.74, 6) is 1.87. The van der Waals surface area contributed by atoms with Crippen molar-refractivity contribution in [3.8, 4) is 6.07 Å². The zero-order chi connectivity index (χ0) is 13.5. The first-order chi connectivity index (χ1) is 9.28. The van der Waals surface area contributed by atoms with Gasteiger partial charge in [0.05, 0.1) is 11.6 Å². The lowest BCUT2D eigenvalue weighted by Gasteiger charge is -2.26.